The fraction of sp³-hybridized carbons (Fsp3) is 0.167. The molecule has 0 aliphatic carbocycles. The first-order chi connectivity index (χ1) is 23.9. The molecule has 0 spiro atoms. The van der Waals surface area contributed by atoms with Crippen molar-refractivity contribution in [2.75, 3.05) is 0 Å². The van der Waals surface area contributed by atoms with Crippen LogP contribution >= 0.6 is 0 Å². The van der Waals surface area contributed by atoms with Gasteiger partial charge in [0, 0.05) is 33.4 Å². The van der Waals surface area contributed by atoms with Crippen LogP contribution in [0.25, 0.3) is 24.3 Å². The molecule has 0 radical (unpaired) electrons. The normalized spacial score (nSPS) is 11.5. The van der Waals surface area contributed by atoms with Gasteiger partial charge in [0.1, 0.15) is 12.6 Å². The van der Waals surface area contributed by atoms with Crippen molar-refractivity contribution in [3.05, 3.63) is 176 Å². The van der Waals surface area contributed by atoms with Gasteiger partial charge in [0.15, 0.2) is 0 Å². The molecular formula is C48H42O2. The van der Waals surface area contributed by atoms with Crippen LogP contribution in [0, 0.1) is 23.7 Å². The molecule has 50 heavy (non-hydrogen) atoms. The van der Waals surface area contributed by atoms with Crippen molar-refractivity contribution in [1.29, 1.82) is 0 Å². The molecule has 5 aromatic rings. The van der Waals surface area contributed by atoms with E-state index in [-0.39, 0.29) is 10.8 Å². The van der Waals surface area contributed by atoms with E-state index in [4.69, 9.17) is 0 Å². The molecule has 0 heterocycles. The second-order valence-corrected chi connectivity index (χ2v) is 14.4. The third kappa shape index (κ3) is 9.56. The summed E-state index contributed by atoms with van der Waals surface area (Å²) < 4.78 is 0. The summed E-state index contributed by atoms with van der Waals surface area (Å²) >= 11 is 0. The highest BCUT2D eigenvalue weighted by Crippen LogP contribution is 2.25. The maximum absolute atomic E-state index is 11.2. The number of aldehydes is 2. The van der Waals surface area contributed by atoms with Gasteiger partial charge in [-0.1, -0.05) is 162 Å². The number of benzene rings is 5. The first-order valence-electron chi connectivity index (χ1n) is 16.8. The Morgan fingerprint density at radius 1 is 0.400 bits per heavy atom. The van der Waals surface area contributed by atoms with Gasteiger partial charge in [0.25, 0.3) is 0 Å². The molecule has 0 fully saturated rings. The highest BCUT2D eigenvalue weighted by molar-refractivity contribution is 5.81. The van der Waals surface area contributed by atoms with E-state index in [1.807, 2.05) is 60.7 Å². The fourth-order valence-electron chi connectivity index (χ4n) is 5.25. The predicted molar refractivity (Wildman–Crippen MR) is 210 cm³/mol. The van der Waals surface area contributed by atoms with Crippen LogP contribution in [0.3, 0.4) is 0 Å². The Balaban J connectivity index is 1.63. The van der Waals surface area contributed by atoms with Gasteiger partial charge >= 0.3 is 0 Å². The van der Waals surface area contributed by atoms with Gasteiger partial charge in [-0.25, -0.2) is 0 Å². The number of rotatable bonds is 6. The van der Waals surface area contributed by atoms with E-state index in [2.05, 4.69) is 138 Å². The van der Waals surface area contributed by atoms with Gasteiger partial charge in [-0.2, -0.15) is 0 Å². The number of hydrogen-bond acceptors (Lipinski definition) is 2. The molecule has 0 saturated carbocycles. The van der Waals surface area contributed by atoms with E-state index in [9.17, 15) is 9.59 Å². The first kappa shape index (κ1) is 35.3. The summed E-state index contributed by atoms with van der Waals surface area (Å²) in [5, 5.41) is 0. The van der Waals surface area contributed by atoms with E-state index in [0.29, 0.717) is 11.1 Å². The van der Waals surface area contributed by atoms with Crippen molar-refractivity contribution in [3.8, 4) is 23.7 Å². The molecule has 0 N–H and O–H groups in total. The van der Waals surface area contributed by atoms with Gasteiger partial charge < -0.3 is 0 Å². The Morgan fingerprint density at radius 3 is 1.02 bits per heavy atom. The minimum Gasteiger partial charge on any atom is -0.298 e. The third-order valence-corrected chi connectivity index (χ3v) is 8.46. The summed E-state index contributed by atoms with van der Waals surface area (Å²) in [4.78, 5) is 22.4. The van der Waals surface area contributed by atoms with E-state index < -0.39 is 0 Å². The van der Waals surface area contributed by atoms with Gasteiger partial charge in [0.05, 0.1) is 0 Å². The fourth-order valence-corrected chi connectivity index (χ4v) is 5.25. The molecule has 0 aromatic heterocycles. The molecule has 0 atom stereocenters. The molecule has 0 amide bonds. The van der Waals surface area contributed by atoms with Crippen LogP contribution in [0.1, 0.15) is 118 Å². The lowest BCUT2D eigenvalue weighted by molar-refractivity contribution is 0.111. The average molecular weight is 651 g/mol. The molecule has 0 saturated heterocycles. The average Bonchev–Trinajstić information content (AvgIpc) is 3.11. The lowest BCUT2D eigenvalue weighted by atomic mass is 9.87. The SMILES string of the molecule is CC(C)(C)c1ccc(C#Cc2cc(/C=C/c3ccc(C=O)cc3)c(C#Cc3ccc(C(C)(C)C)cc3)cc2/C=C/c2ccc(C=O)cc2)cc1. The van der Waals surface area contributed by atoms with Crippen molar-refractivity contribution in [3.63, 3.8) is 0 Å². The van der Waals surface area contributed by atoms with Crippen LogP contribution in [0.4, 0.5) is 0 Å². The summed E-state index contributed by atoms with van der Waals surface area (Å²) in [5.74, 6) is 13.7. The smallest absolute Gasteiger partial charge is 0.150 e. The second kappa shape index (κ2) is 15.5. The number of carbonyl (C=O) groups is 2. The second-order valence-electron chi connectivity index (χ2n) is 14.4. The summed E-state index contributed by atoms with van der Waals surface area (Å²) in [5.41, 5.74) is 11.3. The Morgan fingerprint density at radius 2 is 0.720 bits per heavy atom. The minimum atomic E-state index is 0.0636. The summed E-state index contributed by atoms with van der Waals surface area (Å²) in [6, 6.07) is 36.0. The van der Waals surface area contributed by atoms with Crippen molar-refractivity contribution in [1.82, 2.24) is 0 Å². The Kier molecular flexibility index (Phi) is 11.0. The lowest BCUT2D eigenvalue weighted by Crippen LogP contribution is -2.10. The van der Waals surface area contributed by atoms with Crippen LogP contribution in [0.5, 0.6) is 0 Å². The summed E-state index contributed by atoms with van der Waals surface area (Å²) in [6.45, 7) is 13.2. The maximum atomic E-state index is 11.2. The quantitative estimate of drug-likeness (QED) is 0.104. The minimum absolute atomic E-state index is 0.0636. The summed E-state index contributed by atoms with van der Waals surface area (Å²) in [6.07, 6.45) is 9.86. The van der Waals surface area contributed by atoms with E-state index in [1.54, 1.807) is 0 Å². The molecule has 0 bridgehead atoms. The Hall–Kier alpha value is -5.96. The molecule has 2 heteroatoms. The first-order valence-corrected chi connectivity index (χ1v) is 16.8. The van der Waals surface area contributed by atoms with Crippen molar-refractivity contribution >= 4 is 36.9 Å². The van der Waals surface area contributed by atoms with E-state index in [1.165, 1.54) is 11.1 Å². The highest BCUT2D eigenvalue weighted by Gasteiger charge is 2.13. The Labute approximate surface area is 297 Å². The van der Waals surface area contributed by atoms with Crippen molar-refractivity contribution in [2.24, 2.45) is 0 Å². The lowest BCUT2D eigenvalue weighted by Gasteiger charge is -2.18. The van der Waals surface area contributed by atoms with Gasteiger partial charge in [-0.3, -0.25) is 9.59 Å². The topological polar surface area (TPSA) is 34.1 Å². The van der Waals surface area contributed by atoms with Crippen LogP contribution in [0.15, 0.2) is 109 Å². The molecule has 0 aliphatic rings. The van der Waals surface area contributed by atoms with Gasteiger partial charge in [-0.15, -0.1) is 0 Å². The molecule has 5 aromatic carbocycles. The number of hydrogen-bond donors (Lipinski definition) is 0. The van der Waals surface area contributed by atoms with Gasteiger partial charge in [-0.05, 0) is 80.6 Å². The third-order valence-electron chi connectivity index (χ3n) is 8.46. The molecule has 2 nitrogen and oxygen atoms in total. The highest BCUT2D eigenvalue weighted by atomic mass is 16.1. The van der Waals surface area contributed by atoms with Crippen molar-refractivity contribution in [2.45, 2.75) is 52.4 Å². The Bertz CT molecular complexity index is 1990. The molecule has 0 unspecified atom stereocenters. The molecule has 5 rings (SSSR count). The van der Waals surface area contributed by atoms with E-state index in [0.717, 1.165) is 57.1 Å². The molecular weight excluding hydrogens is 609 g/mol. The maximum Gasteiger partial charge on any atom is 0.150 e. The largest absolute Gasteiger partial charge is 0.298 e. The molecule has 0 aliphatic heterocycles. The predicted octanol–water partition coefficient (Wildman–Crippen LogP) is 11.0. The molecule has 246 valence electrons. The monoisotopic (exact) mass is 650 g/mol. The number of carbonyl (C=O) groups excluding carboxylic acids is 2. The zero-order valence-electron chi connectivity index (χ0n) is 29.7. The van der Waals surface area contributed by atoms with Crippen LogP contribution in [-0.2, 0) is 10.8 Å². The van der Waals surface area contributed by atoms with Crippen LogP contribution < -0.4 is 0 Å². The zero-order valence-corrected chi connectivity index (χ0v) is 29.7. The zero-order chi connectivity index (χ0) is 35.7. The van der Waals surface area contributed by atoms with E-state index >= 15 is 0 Å². The standard InChI is InChI=1S/C48H42O2/c1-47(2,3)45-27-19-37(20-28-45)17-25-43-31-42(24-16-36-9-13-40(34-50)14-10-36)44(26-18-38-21-29-46(30-22-38)48(4,5)6)32-41(43)23-15-35-7-11-39(33-49)12-8-35/h7-16,19-24,27-34H,1-6H3/b23-15+,24-16+. The summed E-state index contributed by atoms with van der Waals surface area (Å²) in [7, 11) is 0. The van der Waals surface area contributed by atoms with Crippen LogP contribution in [0.2, 0.25) is 0 Å². The van der Waals surface area contributed by atoms with Crippen LogP contribution in [-0.4, -0.2) is 12.6 Å². The van der Waals surface area contributed by atoms with Crippen molar-refractivity contribution < 1.29 is 9.59 Å². The van der Waals surface area contributed by atoms with Gasteiger partial charge in [0.2, 0.25) is 0 Å².